The van der Waals surface area contributed by atoms with Crippen molar-refractivity contribution in [3.05, 3.63) is 54.2 Å². The Hall–Kier alpha value is -2.93. The molecule has 7 nitrogen and oxygen atoms in total. The summed E-state index contributed by atoms with van der Waals surface area (Å²) in [5.41, 5.74) is 2.02. The predicted octanol–water partition coefficient (Wildman–Crippen LogP) is 2.07. The Morgan fingerprint density at radius 3 is 2.52 bits per heavy atom. The number of aryl methyl sites for hydroxylation is 1. The van der Waals surface area contributed by atoms with Crippen molar-refractivity contribution < 1.29 is 9.59 Å². The van der Waals surface area contributed by atoms with Crippen LogP contribution in [0.15, 0.2) is 48.7 Å². The molecule has 164 valence electrons. The molecule has 31 heavy (non-hydrogen) atoms. The number of amides is 2. The molecule has 1 N–H and O–H groups in total. The molecule has 0 saturated carbocycles. The van der Waals surface area contributed by atoms with E-state index in [9.17, 15) is 9.59 Å². The van der Waals surface area contributed by atoms with Crippen molar-refractivity contribution in [2.45, 2.75) is 26.3 Å². The van der Waals surface area contributed by atoms with Crippen LogP contribution in [-0.4, -0.2) is 67.0 Å². The van der Waals surface area contributed by atoms with Gasteiger partial charge in [0.25, 0.3) is 0 Å². The first-order valence-electron chi connectivity index (χ1n) is 11.1. The Labute approximate surface area is 184 Å². The van der Waals surface area contributed by atoms with E-state index in [1.54, 1.807) is 4.90 Å². The highest BCUT2D eigenvalue weighted by Crippen LogP contribution is 2.25. The summed E-state index contributed by atoms with van der Waals surface area (Å²) in [6.07, 6.45) is 2.39. The van der Waals surface area contributed by atoms with Crippen molar-refractivity contribution in [1.29, 1.82) is 0 Å². The number of pyridine rings is 1. The van der Waals surface area contributed by atoms with Crippen LogP contribution in [0.2, 0.25) is 0 Å². The number of hydrogen-bond donors (Lipinski definition) is 1. The van der Waals surface area contributed by atoms with Crippen LogP contribution in [0, 0.1) is 12.8 Å². The van der Waals surface area contributed by atoms with Gasteiger partial charge in [0.2, 0.25) is 11.8 Å². The summed E-state index contributed by atoms with van der Waals surface area (Å²) >= 11 is 0. The Balaban J connectivity index is 1.24. The quantitative estimate of drug-likeness (QED) is 0.724. The number of benzene rings is 1. The fourth-order valence-electron chi connectivity index (χ4n) is 4.38. The maximum Gasteiger partial charge on any atom is 0.239 e. The highest BCUT2D eigenvalue weighted by molar-refractivity contribution is 6.09. The Morgan fingerprint density at radius 1 is 1.10 bits per heavy atom. The van der Waals surface area contributed by atoms with Crippen LogP contribution in [0.3, 0.4) is 0 Å². The van der Waals surface area contributed by atoms with E-state index in [0.29, 0.717) is 13.0 Å². The van der Waals surface area contributed by atoms with E-state index in [-0.39, 0.29) is 17.9 Å². The van der Waals surface area contributed by atoms with Gasteiger partial charge in [-0.05, 0) is 44.5 Å². The van der Waals surface area contributed by atoms with E-state index in [1.807, 2.05) is 62.5 Å². The normalized spacial score (nSPS) is 20.7. The van der Waals surface area contributed by atoms with Gasteiger partial charge in [-0.15, -0.1) is 0 Å². The number of carbonyl (C=O) groups excluding carboxylic acids is 2. The highest BCUT2D eigenvalue weighted by atomic mass is 16.2. The smallest absolute Gasteiger partial charge is 0.239 e. The lowest BCUT2D eigenvalue weighted by Gasteiger charge is -2.36. The van der Waals surface area contributed by atoms with Crippen molar-refractivity contribution in [3.8, 4) is 0 Å². The molecule has 1 aromatic carbocycles. The van der Waals surface area contributed by atoms with Gasteiger partial charge in [0.1, 0.15) is 11.7 Å². The molecule has 1 aromatic heterocycles. The molecule has 2 fully saturated rings. The number of anilines is 2. The lowest BCUT2D eigenvalue weighted by Crippen LogP contribution is -2.51. The first-order chi connectivity index (χ1) is 15.0. The van der Waals surface area contributed by atoms with Gasteiger partial charge in [0, 0.05) is 57.2 Å². The molecule has 2 atom stereocenters. The van der Waals surface area contributed by atoms with Crippen LogP contribution in [0.5, 0.6) is 0 Å². The number of rotatable bonds is 6. The molecule has 0 spiro atoms. The minimum Gasteiger partial charge on any atom is -0.354 e. The third-order valence-electron chi connectivity index (χ3n) is 6.13. The molecular weight excluding hydrogens is 390 g/mol. The van der Waals surface area contributed by atoms with Gasteiger partial charge < -0.3 is 15.1 Å². The zero-order valence-electron chi connectivity index (χ0n) is 18.3. The zero-order chi connectivity index (χ0) is 21.8. The number of carbonyl (C=O) groups is 2. The summed E-state index contributed by atoms with van der Waals surface area (Å²) in [5.74, 6) is 0.169. The molecule has 0 aliphatic carbocycles. The Morgan fingerprint density at radius 2 is 1.84 bits per heavy atom. The largest absolute Gasteiger partial charge is 0.354 e. The van der Waals surface area contributed by atoms with Crippen LogP contribution in [0.25, 0.3) is 0 Å². The molecule has 0 bridgehead atoms. The van der Waals surface area contributed by atoms with Crippen LogP contribution >= 0.6 is 0 Å². The Bertz CT molecular complexity index is 894. The number of nitrogens with one attached hydrogen (secondary N) is 1. The van der Waals surface area contributed by atoms with Crippen molar-refractivity contribution in [1.82, 2.24) is 15.2 Å². The lowest BCUT2D eigenvalue weighted by atomic mass is 10.1. The first kappa shape index (κ1) is 21.3. The molecule has 2 amide bonds. The summed E-state index contributed by atoms with van der Waals surface area (Å²) < 4.78 is 0. The van der Waals surface area contributed by atoms with Gasteiger partial charge in [0.15, 0.2) is 0 Å². The van der Waals surface area contributed by atoms with Crippen molar-refractivity contribution >= 4 is 23.3 Å². The number of aromatic nitrogens is 1. The number of nitrogens with zero attached hydrogens (tertiary/aromatic N) is 4. The summed E-state index contributed by atoms with van der Waals surface area (Å²) in [5, 5.41) is 3.07. The molecule has 2 aliphatic heterocycles. The molecule has 2 aliphatic rings. The van der Waals surface area contributed by atoms with E-state index in [2.05, 4.69) is 20.1 Å². The summed E-state index contributed by atoms with van der Waals surface area (Å²) in [6, 6.07) is 13.8. The topological polar surface area (TPSA) is 68.8 Å². The molecule has 2 saturated heterocycles. The van der Waals surface area contributed by atoms with E-state index in [1.165, 1.54) is 0 Å². The van der Waals surface area contributed by atoms with Crippen molar-refractivity contribution in [2.75, 3.05) is 49.1 Å². The SMILES string of the molecule is Cc1ccc(N2CCC(C(=O)NC(C)CN3CCN(c4ccccn4)CC3)C2=O)cc1. The van der Waals surface area contributed by atoms with Crippen molar-refractivity contribution in [3.63, 3.8) is 0 Å². The van der Waals surface area contributed by atoms with E-state index >= 15 is 0 Å². The molecule has 2 aromatic rings. The molecule has 4 rings (SSSR count). The predicted molar refractivity (Wildman–Crippen MR) is 122 cm³/mol. The third-order valence-corrected chi connectivity index (χ3v) is 6.13. The van der Waals surface area contributed by atoms with Gasteiger partial charge in [0.05, 0.1) is 0 Å². The molecule has 7 heteroatoms. The minimum absolute atomic E-state index is 0.00451. The van der Waals surface area contributed by atoms with E-state index in [0.717, 1.165) is 49.8 Å². The van der Waals surface area contributed by atoms with Crippen LogP contribution in [-0.2, 0) is 9.59 Å². The Kier molecular flexibility index (Phi) is 6.51. The molecule has 2 unspecified atom stereocenters. The number of hydrogen-bond acceptors (Lipinski definition) is 5. The zero-order valence-corrected chi connectivity index (χ0v) is 18.3. The van der Waals surface area contributed by atoms with Gasteiger partial charge in [-0.3, -0.25) is 14.5 Å². The van der Waals surface area contributed by atoms with Gasteiger partial charge >= 0.3 is 0 Å². The number of piperazine rings is 1. The van der Waals surface area contributed by atoms with Crippen LogP contribution in [0.1, 0.15) is 18.9 Å². The maximum atomic E-state index is 12.8. The second kappa shape index (κ2) is 9.47. The average molecular weight is 422 g/mol. The maximum absolute atomic E-state index is 12.8. The molecule has 3 heterocycles. The third kappa shape index (κ3) is 5.05. The van der Waals surface area contributed by atoms with E-state index in [4.69, 9.17) is 0 Å². The summed E-state index contributed by atoms with van der Waals surface area (Å²) in [6.45, 7) is 9.11. The fourth-order valence-corrected chi connectivity index (χ4v) is 4.38. The molecular formula is C24H31N5O2. The van der Waals surface area contributed by atoms with Gasteiger partial charge in [-0.1, -0.05) is 23.8 Å². The second-order valence-electron chi connectivity index (χ2n) is 8.55. The van der Waals surface area contributed by atoms with Crippen molar-refractivity contribution in [2.24, 2.45) is 5.92 Å². The van der Waals surface area contributed by atoms with Gasteiger partial charge in [-0.25, -0.2) is 4.98 Å². The highest BCUT2D eigenvalue weighted by Gasteiger charge is 2.38. The van der Waals surface area contributed by atoms with Crippen LogP contribution < -0.4 is 15.1 Å². The molecule has 0 radical (unpaired) electrons. The minimum atomic E-state index is -0.593. The summed E-state index contributed by atoms with van der Waals surface area (Å²) in [7, 11) is 0. The standard InChI is InChI=1S/C24H31N5O2/c1-18-6-8-20(9-7-18)29-12-10-21(24(29)31)23(30)26-19(2)17-27-13-15-28(16-14-27)22-5-3-4-11-25-22/h3-9,11,19,21H,10,12-17H2,1-2H3,(H,26,30). The fraction of sp³-hybridized carbons (Fsp3) is 0.458. The van der Waals surface area contributed by atoms with Crippen LogP contribution in [0.4, 0.5) is 11.5 Å². The monoisotopic (exact) mass is 421 g/mol. The summed E-state index contributed by atoms with van der Waals surface area (Å²) in [4.78, 5) is 36.4. The first-order valence-corrected chi connectivity index (χ1v) is 11.1. The van der Waals surface area contributed by atoms with E-state index < -0.39 is 5.92 Å². The van der Waals surface area contributed by atoms with Gasteiger partial charge in [-0.2, -0.15) is 0 Å². The average Bonchev–Trinajstić information content (AvgIpc) is 3.17. The lowest BCUT2D eigenvalue weighted by molar-refractivity contribution is -0.132. The second-order valence-corrected chi connectivity index (χ2v) is 8.55.